The third-order valence-corrected chi connectivity index (χ3v) is 3.88. The lowest BCUT2D eigenvalue weighted by Gasteiger charge is -2.10. The van der Waals surface area contributed by atoms with E-state index in [4.69, 9.17) is 40.1 Å². The summed E-state index contributed by atoms with van der Waals surface area (Å²) in [6.45, 7) is 0. The molecule has 0 saturated carbocycles. The van der Waals surface area contributed by atoms with Gasteiger partial charge in [0.25, 0.3) is 0 Å². The summed E-state index contributed by atoms with van der Waals surface area (Å²) in [7, 11) is 0. The molecule has 3 aromatic rings. The molecule has 0 amide bonds. The Kier molecular flexibility index (Phi) is 5.19. The van der Waals surface area contributed by atoms with Crippen LogP contribution in [0.25, 0.3) is 0 Å². The van der Waals surface area contributed by atoms with Gasteiger partial charge in [-0.05, 0) is 48.0 Å². The number of benzene rings is 2. The van der Waals surface area contributed by atoms with E-state index < -0.39 is 0 Å². The quantitative estimate of drug-likeness (QED) is 0.636. The van der Waals surface area contributed by atoms with Gasteiger partial charge in [-0.15, -0.1) is 0 Å². The summed E-state index contributed by atoms with van der Waals surface area (Å²) in [5.74, 6) is 0.418. The molecule has 2 aromatic carbocycles. The van der Waals surface area contributed by atoms with Crippen LogP contribution in [-0.2, 0) is 0 Å². The van der Waals surface area contributed by atoms with Gasteiger partial charge < -0.3 is 10.6 Å². The monoisotopic (exact) mass is 390 g/mol. The Morgan fingerprint density at radius 2 is 1.40 bits per heavy atom. The van der Waals surface area contributed by atoms with Crippen LogP contribution >= 0.6 is 34.8 Å². The molecule has 9 heteroatoms. The van der Waals surface area contributed by atoms with Gasteiger partial charge >= 0.3 is 0 Å². The van der Waals surface area contributed by atoms with Crippen molar-refractivity contribution in [1.29, 1.82) is 5.26 Å². The summed E-state index contributed by atoms with van der Waals surface area (Å²) in [6, 6.07) is 14.0. The maximum Gasteiger partial charge on any atom is 0.233 e. The van der Waals surface area contributed by atoms with Gasteiger partial charge in [0.1, 0.15) is 0 Å². The highest BCUT2D eigenvalue weighted by atomic mass is 35.5. The van der Waals surface area contributed by atoms with Crippen LogP contribution in [0.15, 0.2) is 42.5 Å². The van der Waals surface area contributed by atoms with Crippen LogP contribution in [0.1, 0.15) is 5.56 Å². The number of anilines is 4. The first-order chi connectivity index (χ1) is 12.0. The normalized spacial score (nSPS) is 10.2. The molecule has 1 aromatic heterocycles. The van der Waals surface area contributed by atoms with Crippen molar-refractivity contribution in [3.63, 3.8) is 0 Å². The molecular weight excluding hydrogens is 383 g/mol. The number of aromatic nitrogens is 3. The highest BCUT2D eigenvalue weighted by Gasteiger charge is 2.10. The topological polar surface area (TPSA) is 86.5 Å². The van der Waals surface area contributed by atoms with E-state index in [1.807, 2.05) is 6.07 Å². The highest BCUT2D eigenvalue weighted by molar-refractivity contribution is 6.39. The Labute approximate surface area is 158 Å². The maximum absolute atomic E-state index is 8.83. The average Bonchev–Trinajstić information content (AvgIpc) is 2.58. The second kappa shape index (κ2) is 7.53. The molecule has 0 bridgehead atoms. The van der Waals surface area contributed by atoms with E-state index >= 15 is 0 Å². The van der Waals surface area contributed by atoms with E-state index in [9.17, 15) is 0 Å². The lowest BCUT2D eigenvalue weighted by atomic mass is 10.2. The molecule has 25 heavy (non-hydrogen) atoms. The van der Waals surface area contributed by atoms with Gasteiger partial charge in [0, 0.05) is 5.69 Å². The molecule has 2 N–H and O–H groups in total. The summed E-state index contributed by atoms with van der Waals surface area (Å²) < 4.78 is 0. The van der Waals surface area contributed by atoms with Crippen LogP contribution in [-0.4, -0.2) is 15.0 Å². The molecule has 3 rings (SSSR count). The molecular formula is C16H9Cl3N6. The predicted octanol–water partition coefficient (Wildman–Crippen LogP) is 5.19. The lowest BCUT2D eigenvalue weighted by molar-refractivity contribution is 1.06. The first-order valence-corrected chi connectivity index (χ1v) is 8.08. The van der Waals surface area contributed by atoms with Crippen LogP contribution < -0.4 is 10.6 Å². The molecule has 6 nitrogen and oxygen atoms in total. The van der Waals surface area contributed by atoms with Crippen molar-refractivity contribution in [3.8, 4) is 6.07 Å². The van der Waals surface area contributed by atoms with Crippen LogP contribution in [0.2, 0.25) is 15.3 Å². The number of rotatable bonds is 4. The van der Waals surface area contributed by atoms with Crippen LogP contribution in [0.3, 0.4) is 0 Å². The zero-order valence-electron chi connectivity index (χ0n) is 12.5. The third kappa shape index (κ3) is 4.28. The minimum absolute atomic E-state index is 0.00294. The number of para-hydroxylation sites is 1. The number of hydrogen-bond donors (Lipinski definition) is 2. The number of hydrogen-bond acceptors (Lipinski definition) is 6. The summed E-state index contributed by atoms with van der Waals surface area (Å²) in [5.41, 5.74) is 1.72. The summed E-state index contributed by atoms with van der Waals surface area (Å²) >= 11 is 18.2. The number of nitrogens with one attached hydrogen (secondary N) is 2. The van der Waals surface area contributed by atoms with Gasteiger partial charge in [-0.2, -0.15) is 20.2 Å². The van der Waals surface area contributed by atoms with E-state index in [0.717, 1.165) is 0 Å². The Morgan fingerprint density at radius 1 is 0.800 bits per heavy atom. The molecule has 0 saturated heterocycles. The van der Waals surface area contributed by atoms with Crippen LogP contribution in [0.4, 0.5) is 23.3 Å². The molecule has 0 spiro atoms. The van der Waals surface area contributed by atoms with Crippen molar-refractivity contribution in [2.45, 2.75) is 0 Å². The molecule has 1 heterocycles. The molecule has 0 aliphatic rings. The largest absolute Gasteiger partial charge is 0.324 e. The summed E-state index contributed by atoms with van der Waals surface area (Å²) in [6.07, 6.45) is 0. The fraction of sp³-hybridized carbons (Fsp3) is 0. The van der Waals surface area contributed by atoms with E-state index in [1.54, 1.807) is 42.5 Å². The van der Waals surface area contributed by atoms with Crippen molar-refractivity contribution in [2.24, 2.45) is 0 Å². The second-order valence-corrected chi connectivity index (χ2v) is 5.94. The van der Waals surface area contributed by atoms with Gasteiger partial charge in [-0.1, -0.05) is 29.3 Å². The van der Waals surface area contributed by atoms with Gasteiger partial charge in [-0.3, -0.25) is 0 Å². The Morgan fingerprint density at radius 3 is 2.00 bits per heavy atom. The Hall–Kier alpha value is -2.59. The lowest BCUT2D eigenvalue weighted by Crippen LogP contribution is -2.04. The summed E-state index contributed by atoms with van der Waals surface area (Å²) in [5, 5.41) is 15.6. The maximum atomic E-state index is 8.83. The van der Waals surface area contributed by atoms with Crippen molar-refractivity contribution in [2.75, 3.05) is 10.6 Å². The van der Waals surface area contributed by atoms with Crippen LogP contribution in [0, 0.1) is 11.3 Å². The van der Waals surface area contributed by atoms with Crippen LogP contribution in [0.5, 0.6) is 0 Å². The third-order valence-electron chi connectivity index (χ3n) is 3.08. The minimum atomic E-state index is -0.00294. The standard InChI is InChI=1S/C16H9Cl3N6/c17-11-2-1-3-12(18)13(11)22-16-24-14(19)23-15(25-16)21-10-6-4-9(8-20)5-7-10/h1-7H,(H2,21,22,23,24,25). The van der Waals surface area contributed by atoms with Crippen molar-refractivity contribution in [3.05, 3.63) is 63.4 Å². The number of halogens is 3. The second-order valence-electron chi connectivity index (χ2n) is 4.79. The van der Waals surface area contributed by atoms with E-state index in [1.165, 1.54) is 0 Å². The molecule has 0 aliphatic carbocycles. The Balaban J connectivity index is 1.86. The van der Waals surface area contributed by atoms with Crippen molar-refractivity contribution < 1.29 is 0 Å². The fourth-order valence-electron chi connectivity index (χ4n) is 1.95. The summed E-state index contributed by atoms with van der Waals surface area (Å²) in [4.78, 5) is 12.3. The zero-order valence-corrected chi connectivity index (χ0v) is 14.7. The van der Waals surface area contributed by atoms with E-state index in [-0.39, 0.29) is 17.2 Å². The average molecular weight is 392 g/mol. The smallest absolute Gasteiger partial charge is 0.233 e. The first-order valence-electron chi connectivity index (χ1n) is 6.95. The molecule has 0 unspecified atom stereocenters. The SMILES string of the molecule is N#Cc1ccc(Nc2nc(Cl)nc(Nc3c(Cl)cccc3Cl)n2)cc1. The molecule has 0 aliphatic heterocycles. The fourth-order valence-corrected chi connectivity index (χ4v) is 2.60. The van der Waals surface area contributed by atoms with Crippen molar-refractivity contribution in [1.82, 2.24) is 15.0 Å². The molecule has 124 valence electrons. The van der Waals surface area contributed by atoms with E-state index in [0.29, 0.717) is 27.0 Å². The number of nitriles is 1. The minimum Gasteiger partial charge on any atom is -0.324 e. The van der Waals surface area contributed by atoms with Gasteiger partial charge in [0.05, 0.1) is 27.4 Å². The number of nitrogens with zero attached hydrogens (tertiary/aromatic N) is 4. The highest BCUT2D eigenvalue weighted by Crippen LogP contribution is 2.32. The zero-order chi connectivity index (χ0) is 17.8. The predicted molar refractivity (Wildman–Crippen MR) is 99.0 cm³/mol. The molecule has 0 atom stereocenters. The van der Waals surface area contributed by atoms with Gasteiger partial charge in [0.2, 0.25) is 17.2 Å². The van der Waals surface area contributed by atoms with Crippen molar-refractivity contribution >= 4 is 58.1 Å². The first kappa shape index (κ1) is 17.2. The van der Waals surface area contributed by atoms with E-state index in [2.05, 4.69) is 25.6 Å². The molecule has 0 radical (unpaired) electrons. The Bertz CT molecular complexity index is 933. The molecule has 0 fully saturated rings. The van der Waals surface area contributed by atoms with Gasteiger partial charge in [0.15, 0.2) is 0 Å². The van der Waals surface area contributed by atoms with Gasteiger partial charge in [-0.25, -0.2) is 0 Å².